The Morgan fingerprint density at radius 3 is 2.80 bits per heavy atom. The van der Waals surface area contributed by atoms with Crippen molar-refractivity contribution in [2.24, 2.45) is 0 Å². The van der Waals surface area contributed by atoms with Crippen LogP contribution in [0.15, 0.2) is 30.6 Å². The number of fused-ring (bicyclic) bond motifs is 1. The molecule has 0 unspecified atom stereocenters. The number of hydrogen-bond donors (Lipinski definition) is 2. The van der Waals surface area contributed by atoms with Crippen LogP contribution in [-0.4, -0.2) is 25.7 Å². The van der Waals surface area contributed by atoms with E-state index in [-0.39, 0.29) is 11.9 Å². The third kappa shape index (κ3) is 1.85. The van der Waals surface area contributed by atoms with E-state index in [4.69, 9.17) is 11.5 Å². The second-order valence-electron chi connectivity index (χ2n) is 4.41. The first-order valence-electron chi connectivity index (χ1n) is 5.94. The molecule has 0 radical (unpaired) electrons. The molecule has 0 spiro atoms. The van der Waals surface area contributed by atoms with Crippen molar-refractivity contribution in [2.75, 3.05) is 11.5 Å². The number of anilines is 2. The summed E-state index contributed by atoms with van der Waals surface area (Å²) in [4.78, 5) is 20.6. The zero-order chi connectivity index (χ0) is 14.3. The lowest BCUT2D eigenvalue weighted by molar-refractivity contribution is 0.0946. The van der Waals surface area contributed by atoms with Gasteiger partial charge in [-0.05, 0) is 19.1 Å². The first-order valence-corrected chi connectivity index (χ1v) is 5.94. The maximum Gasteiger partial charge on any atom is 0.280 e. The van der Waals surface area contributed by atoms with E-state index in [1.807, 2.05) is 0 Å². The summed E-state index contributed by atoms with van der Waals surface area (Å²) >= 11 is 0. The summed E-state index contributed by atoms with van der Waals surface area (Å²) in [7, 11) is 0. The summed E-state index contributed by atoms with van der Waals surface area (Å²) in [6, 6.07) is 7.02. The lowest BCUT2D eigenvalue weighted by Crippen LogP contribution is -2.14. The van der Waals surface area contributed by atoms with E-state index in [1.54, 1.807) is 31.2 Å². The Morgan fingerprint density at radius 2 is 2.10 bits per heavy atom. The number of nitrogens with two attached hydrogens (primary N) is 2. The van der Waals surface area contributed by atoms with Crippen LogP contribution in [0.5, 0.6) is 0 Å². The van der Waals surface area contributed by atoms with Crippen LogP contribution in [0.25, 0.3) is 10.9 Å². The van der Waals surface area contributed by atoms with Crippen LogP contribution >= 0.6 is 0 Å². The van der Waals surface area contributed by atoms with E-state index in [0.717, 1.165) is 4.68 Å². The fourth-order valence-electron chi connectivity index (χ4n) is 2.07. The zero-order valence-corrected chi connectivity index (χ0v) is 10.7. The van der Waals surface area contributed by atoms with Gasteiger partial charge in [0, 0.05) is 11.1 Å². The maximum atomic E-state index is 12.5. The summed E-state index contributed by atoms with van der Waals surface area (Å²) in [5.74, 6) is -0.275. The van der Waals surface area contributed by atoms with Gasteiger partial charge in [0.1, 0.15) is 6.33 Å². The molecule has 0 aliphatic heterocycles. The Balaban J connectivity index is 2.25. The molecule has 2 aromatic heterocycles. The Labute approximate surface area is 114 Å². The third-order valence-corrected chi connectivity index (χ3v) is 2.95. The largest absolute Gasteiger partial charge is 0.397 e. The average Bonchev–Trinajstić information content (AvgIpc) is 2.85. The Hall–Kier alpha value is -2.96. The molecule has 0 fully saturated rings. The van der Waals surface area contributed by atoms with Crippen molar-refractivity contribution in [2.45, 2.75) is 6.92 Å². The first kappa shape index (κ1) is 12.1. The maximum absolute atomic E-state index is 12.5. The van der Waals surface area contributed by atoms with Crippen molar-refractivity contribution >= 4 is 28.4 Å². The molecule has 0 bridgehead atoms. The van der Waals surface area contributed by atoms with Gasteiger partial charge in [-0.3, -0.25) is 9.78 Å². The highest BCUT2D eigenvalue weighted by molar-refractivity contribution is 6.08. The molecular weight excluding hydrogens is 256 g/mol. The molecule has 3 aromatic rings. The molecule has 2 heterocycles. The number of benzene rings is 1. The smallest absolute Gasteiger partial charge is 0.280 e. The topological polar surface area (TPSA) is 113 Å². The minimum absolute atomic E-state index is 0.0490. The Bertz CT molecular complexity index is 823. The van der Waals surface area contributed by atoms with Crippen LogP contribution in [0.2, 0.25) is 0 Å². The summed E-state index contributed by atoms with van der Waals surface area (Å²) < 4.78 is 1.10. The lowest BCUT2D eigenvalue weighted by Gasteiger charge is -2.08. The summed E-state index contributed by atoms with van der Waals surface area (Å²) in [6.07, 6.45) is 1.28. The van der Waals surface area contributed by atoms with E-state index in [9.17, 15) is 4.79 Å². The fourth-order valence-corrected chi connectivity index (χ4v) is 2.07. The van der Waals surface area contributed by atoms with Gasteiger partial charge in [0.25, 0.3) is 5.91 Å². The van der Waals surface area contributed by atoms with Crippen molar-refractivity contribution in [3.63, 3.8) is 0 Å². The molecule has 0 saturated carbocycles. The van der Waals surface area contributed by atoms with Crippen LogP contribution < -0.4 is 11.5 Å². The number of nitrogens with zero attached hydrogens (tertiary/aromatic N) is 4. The molecule has 4 N–H and O–H groups in total. The van der Waals surface area contributed by atoms with E-state index in [2.05, 4.69) is 15.1 Å². The van der Waals surface area contributed by atoms with Crippen molar-refractivity contribution < 1.29 is 4.79 Å². The number of rotatable bonds is 1. The second kappa shape index (κ2) is 4.30. The molecule has 0 aliphatic carbocycles. The minimum atomic E-state index is -0.324. The second-order valence-corrected chi connectivity index (χ2v) is 4.41. The van der Waals surface area contributed by atoms with E-state index in [0.29, 0.717) is 27.8 Å². The van der Waals surface area contributed by atoms with Gasteiger partial charge < -0.3 is 11.5 Å². The van der Waals surface area contributed by atoms with Crippen LogP contribution in [-0.2, 0) is 0 Å². The van der Waals surface area contributed by atoms with E-state index < -0.39 is 0 Å². The molecule has 20 heavy (non-hydrogen) atoms. The number of pyridine rings is 1. The van der Waals surface area contributed by atoms with Crippen LogP contribution in [0, 0.1) is 6.92 Å². The number of para-hydroxylation sites is 1. The van der Waals surface area contributed by atoms with Crippen molar-refractivity contribution in [1.82, 2.24) is 19.7 Å². The molecule has 0 amide bonds. The third-order valence-electron chi connectivity index (χ3n) is 2.95. The SMILES string of the molecule is Cc1cc(C(=O)n2cnc(N)n2)c2cccc(N)c2n1. The molecule has 0 atom stereocenters. The van der Waals surface area contributed by atoms with Crippen LogP contribution in [0.1, 0.15) is 16.1 Å². The number of hydrogen-bond acceptors (Lipinski definition) is 6. The van der Waals surface area contributed by atoms with Crippen molar-refractivity contribution in [1.29, 1.82) is 0 Å². The van der Waals surface area contributed by atoms with Crippen molar-refractivity contribution in [3.05, 3.63) is 41.9 Å². The zero-order valence-electron chi connectivity index (χ0n) is 10.7. The normalized spacial score (nSPS) is 10.8. The molecule has 100 valence electrons. The van der Waals surface area contributed by atoms with Crippen LogP contribution in [0.4, 0.5) is 11.6 Å². The highest BCUT2D eigenvalue weighted by Crippen LogP contribution is 2.23. The van der Waals surface area contributed by atoms with Gasteiger partial charge in [-0.1, -0.05) is 12.1 Å². The molecule has 7 heteroatoms. The highest BCUT2D eigenvalue weighted by Gasteiger charge is 2.16. The molecule has 1 aromatic carbocycles. The van der Waals surface area contributed by atoms with Gasteiger partial charge in [-0.2, -0.15) is 4.68 Å². The predicted octanol–water partition coefficient (Wildman–Crippen LogP) is 0.988. The van der Waals surface area contributed by atoms with Gasteiger partial charge >= 0.3 is 0 Å². The van der Waals surface area contributed by atoms with Crippen molar-refractivity contribution in [3.8, 4) is 0 Å². The summed E-state index contributed by atoms with van der Waals surface area (Å²) in [6.45, 7) is 1.80. The number of carbonyl (C=O) groups excluding carboxylic acids is 1. The van der Waals surface area contributed by atoms with Gasteiger partial charge in [0.2, 0.25) is 5.95 Å². The molecule has 7 nitrogen and oxygen atoms in total. The fraction of sp³-hybridized carbons (Fsp3) is 0.0769. The monoisotopic (exact) mass is 268 g/mol. The summed E-state index contributed by atoms with van der Waals surface area (Å²) in [5.41, 5.74) is 13.6. The predicted molar refractivity (Wildman–Crippen MR) is 75.1 cm³/mol. The molecular formula is C13H12N6O. The molecule has 3 rings (SSSR count). The quantitative estimate of drug-likeness (QED) is 0.636. The Kier molecular flexibility index (Phi) is 2.60. The van der Waals surface area contributed by atoms with Gasteiger partial charge in [0.05, 0.1) is 16.8 Å². The van der Waals surface area contributed by atoms with E-state index >= 15 is 0 Å². The minimum Gasteiger partial charge on any atom is -0.397 e. The number of nitrogen functional groups attached to an aromatic ring is 2. The first-order chi connectivity index (χ1) is 9.56. The number of carbonyl (C=O) groups is 1. The van der Waals surface area contributed by atoms with Gasteiger partial charge in [-0.15, -0.1) is 5.10 Å². The molecule has 0 aliphatic rings. The van der Waals surface area contributed by atoms with Gasteiger partial charge in [-0.25, -0.2) is 4.98 Å². The number of aromatic nitrogens is 4. The molecule has 0 saturated heterocycles. The standard InChI is InChI=1S/C13H12N6O/c1-7-5-9(12(20)19-6-16-13(15)18-19)8-3-2-4-10(14)11(8)17-7/h2-6H,14H2,1H3,(H2,15,18). The van der Waals surface area contributed by atoms with E-state index in [1.165, 1.54) is 6.33 Å². The average molecular weight is 268 g/mol. The Morgan fingerprint density at radius 1 is 1.30 bits per heavy atom. The lowest BCUT2D eigenvalue weighted by atomic mass is 10.1. The van der Waals surface area contributed by atoms with Crippen LogP contribution in [0.3, 0.4) is 0 Å². The highest BCUT2D eigenvalue weighted by atomic mass is 16.2. The summed E-state index contributed by atoms with van der Waals surface area (Å²) in [5, 5.41) is 4.50. The van der Waals surface area contributed by atoms with Gasteiger partial charge in [0.15, 0.2) is 0 Å². The number of aryl methyl sites for hydroxylation is 1.